The highest BCUT2D eigenvalue weighted by molar-refractivity contribution is 6.01. The van der Waals surface area contributed by atoms with Gasteiger partial charge in [-0.15, -0.1) is 0 Å². The summed E-state index contributed by atoms with van der Waals surface area (Å²) in [7, 11) is 0. The zero-order valence-corrected chi connectivity index (χ0v) is 16.9. The van der Waals surface area contributed by atoms with Crippen LogP contribution in [0.25, 0.3) is 0 Å². The molecule has 6 nitrogen and oxygen atoms in total. The van der Waals surface area contributed by atoms with E-state index in [2.05, 4.69) is 10.6 Å². The minimum absolute atomic E-state index is 0.0237. The Hall–Kier alpha value is -3.15. The third-order valence-electron chi connectivity index (χ3n) is 5.06. The Bertz CT molecular complexity index is 857. The van der Waals surface area contributed by atoms with E-state index < -0.39 is 6.04 Å². The molecular formula is C23H27N3O3. The van der Waals surface area contributed by atoms with E-state index in [0.717, 1.165) is 25.9 Å². The molecule has 1 aliphatic heterocycles. The first-order chi connectivity index (χ1) is 14.0. The van der Waals surface area contributed by atoms with E-state index in [9.17, 15) is 14.4 Å². The number of carbonyl (C=O) groups excluding carboxylic acids is 3. The quantitative estimate of drug-likeness (QED) is 0.790. The van der Waals surface area contributed by atoms with Crippen LogP contribution in [0.3, 0.4) is 0 Å². The normalized spacial score (nSPS) is 14.5. The van der Waals surface area contributed by atoms with Crippen LogP contribution in [-0.4, -0.2) is 41.8 Å². The van der Waals surface area contributed by atoms with Crippen molar-refractivity contribution >= 4 is 23.4 Å². The first-order valence-corrected chi connectivity index (χ1v) is 10.0. The first-order valence-electron chi connectivity index (χ1n) is 10.0. The molecule has 0 saturated carbocycles. The Balaban J connectivity index is 1.63. The monoisotopic (exact) mass is 393 g/mol. The maximum absolute atomic E-state index is 12.7. The number of anilines is 1. The number of likely N-dealkylation sites (tertiary alicyclic amines) is 1. The van der Waals surface area contributed by atoms with E-state index in [-0.39, 0.29) is 23.6 Å². The van der Waals surface area contributed by atoms with Gasteiger partial charge in [0.1, 0.15) is 6.04 Å². The molecule has 0 aromatic heterocycles. The molecule has 1 saturated heterocycles. The van der Waals surface area contributed by atoms with E-state index in [0.29, 0.717) is 16.8 Å². The average Bonchev–Trinajstić information content (AvgIpc) is 3.27. The summed E-state index contributed by atoms with van der Waals surface area (Å²) >= 11 is 0. The molecule has 2 aromatic rings. The Kier molecular flexibility index (Phi) is 6.65. The molecule has 2 aromatic carbocycles. The molecule has 3 rings (SSSR count). The van der Waals surface area contributed by atoms with Crippen molar-refractivity contribution in [2.45, 2.75) is 32.7 Å². The molecule has 152 valence electrons. The van der Waals surface area contributed by atoms with Crippen LogP contribution < -0.4 is 10.6 Å². The van der Waals surface area contributed by atoms with Gasteiger partial charge in [0.05, 0.1) is 0 Å². The van der Waals surface area contributed by atoms with Gasteiger partial charge in [-0.25, -0.2) is 0 Å². The van der Waals surface area contributed by atoms with Crippen LogP contribution >= 0.6 is 0 Å². The van der Waals surface area contributed by atoms with Gasteiger partial charge in [-0.3, -0.25) is 14.4 Å². The van der Waals surface area contributed by atoms with Gasteiger partial charge in [-0.1, -0.05) is 32.0 Å². The highest BCUT2D eigenvalue weighted by Gasteiger charge is 2.25. The minimum Gasteiger partial charge on any atom is -0.340 e. The van der Waals surface area contributed by atoms with Crippen molar-refractivity contribution in [3.05, 3.63) is 65.7 Å². The van der Waals surface area contributed by atoms with Crippen LogP contribution in [-0.2, 0) is 4.79 Å². The molecular weight excluding hydrogens is 366 g/mol. The zero-order valence-electron chi connectivity index (χ0n) is 16.9. The summed E-state index contributed by atoms with van der Waals surface area (Å²) in [6.07, 6.45) is 2.09. The van der Waals surface area contributed by atoms with Crippen LogP contribution in [0.2, 0.25) is 0 Å². The summed E-state index contributed by atoms with van der Waals surface area (Å²) in [5.74, 6) is -0.636. The summed E-state index contributed by atoms with van der Waals surface area (Å²) in [5.41, 5.74) is 1.71. The van der Waals surface area contributed by atoms with Gasteiger partial charge in [0, 0.05) is 29.9 Å². The summed E-state index contributed by atoms with van der Waals surface area (Å²) in [4.78, 5) is 39.5. The number of hydrogen-bond donors (Lipinski definition) is 2. The highest BCUT2D eigenvalue weighted by Crippen LogP contribution is 2.16. The van der Waals surface area contributed by atoms with Crippen LogP contribution in [0.4, 0.5) is 5.69 Å². The van der Waals surface area contributed by atoms with E-state index in [1.807, 2.05) is 24.8 Å². The third kappa shape index (κ3) is 5.22. The smallest absolute Gasteiger partial charge is 0.253 e. The van der Waals surface area contributed by atoms with Gasteiger partial charge < -0.3 is 15.5 Å². The molecule has 0 spiro atoms. The van der Waals surface area contributed by atoms with Crippen molar-refractivity contribution in [3.63, 3.8) is 0 Å². The lowest BCUT2D eigenvalue weighted by Gasteiger charge is -2.22. The minimum atomic E-state index is -0.673. The largest absolute Gasteiger partial charge is 0.340 e. The number of carbonyl (C=O) groups is 3. The molecule has 1 heterocycles. The number of nitrogens with one attached hydrogen (secondary N) is 2. The maximum atomic E-state index is 12.7. The number of hydrogen-bond acceptors (Lipinski definition) is 3. The molecule has 0 bridgehead atoms. The fourth-order valence-corrected chi connectivity index (χ4v) is 3.37. The zero-order chi connectivity index (χ0) is 20.8. The molecule has 2 N–H and O–H groups in total. The number of nitrogens with zero attached hydrogens (tertiary/aromatic N) is 1. The summed E-state index contributed by atoms with van der Waals surface area (Å²) < 4.78 is 0. The van der Waals surface area contributed by atoms with Gasteiger partial charge in [0.2, 0.25) is 5.91 Å². The maximum Gasteiger partial charge on any atom is 0.253 e. The molecule has 0 aliphatic carbocycles. The first kappa shape index (κ1) is 20.6. The van der Waals surface area contributed by atoms with Crippen LogP contribution in [0, 0.1) is 5.92 Å². The van der Waals surface area contributed by atoms with Crippen molar-refractivity contribution in [2.75, 3.05) is 18.4 Å². The summed E-state index contributed by atoms with van der Waals surface area (Å²) in [6, 6.07) is 15.0. The van der Waals surface area contributed by atoms with E-state index >= 15 is 0 Å². The van der Waals surface area contributed by atoms with Crippen molar-refractivity contribution < 1.29 is 14.4 Å². The van der Waals surface area contributed by atoms with Crippen LogP contribution in [0.5, 0.6) is 0 Å². The topological polar surface area (TPSA) is 78.5 Å². The lowest BCUT2D eigenvalue weighted by atomic mass is 10.0. The second kappa shape index (κ2) is 9.37. The summed E-state index contributed by atoms with van der Waals surface area (Å²) in [5, 5.41) is 5.65. The lowest BCUT2D eigenvalue weighted by Crippen LogP contribution is -2.47. The third-order valence-corrected chi connectivity index (χ3v) is 5.06. The number of benzene rings is 2. The SMILES string of the molecule is CC(C)C(NC(=O)c1ccccc1)C(=O)Nc1ccc(C(=O)N2CCCC2)cc1. The van der Waals surface area contributed by atoms with Gasteiger partial charge in [-0.2, -0.15) is 0 Å². The average molecular weight is 393 g/mol. The van der Waals surface area contributed by atoms with Crippen LogP contribution in [0.15, 0.2) is 54.6 Å². The predicted molar refractivity (Wildman–Crippen MR) is 113 cm³/mol. The van der Waals surface area contributed by atoms with Gasteiger partial charge in [0.25, 0.3) is 11.8 Å². The van der Waals surface area contributed by atoms with Crippen molar-refractivity contribution in [3.8, 4) is 0 Å². The fourth-order valence-electron chi connectivity index (χ4n) is 3.37. The number of amides is 3. The molecule has 1 atom stereocenters. The van der Waals surface area contributed by atoms with Crippen molar-refractivity contribution in [1.82, 2.24) is 10.2 Å². The Morgan fingerprint density at radius 3 is 2.07 bits per heavy atom. The van der Waals surface area contributed by atoms with E-state index in [1.54, 1.807) is 48.5 Å². The molecule has 1 fully saturated rings. The second-order valence-corrected chi connectivity index (χ2v) is 7.63. The Morgan fingerprint density at radius 2 is 1.48 bits per heavy atom. The lowest BCUT2D eigenvalue weighted by molar-refractivity contribution is -0.118. The summed E-state index contributed by atoms with van der Waals surface area (Å²) in [6.45, 7) is 5.36. The van der Waals surface area contributed by atoms with Crippen LogP contribution in [0.1, 0.15) is 47.4 Å². The Labute approximate surface area is 171 Å². The molecule has 1 aliphatic rings. The predicted octanol–water partition coefficient (Wildman–Crippen LogP) is 3.32. The number of rotatable bonds is 6. The fraction of sp³-hybridized carbons (Fsp3) is 0.348. The van der Waals surface area contributed by atoms with Gasteiger partial charge in [-0.05, 0) is 55.2 Å². The molecule has 1 unspecified atom stereocenters. The Morgan fingerprint density at radius 1 is 0.862 bits per heavy atom. The van der Waals surface area contributed by atoms with Crippen molar-refractivity contribution in [2.24, 2.45) is 5.92 Å². The van der Waals surface area contributed by atoms with Gasteiger partial charge in [0.15, 0.2) is 0 Å². The van der Waals surface area contributed by atoms with Gasteiger partial charge >= 0.3 is 0 Å². The van der Waals surface area contributed by atoms with Crippen molar-refractivity contribution in [1.29, 1.82) is 0 Å². The van der Waals surface area contributed by atoms with E-state index in [4.69, 9.17) is 0 Å². The van der Waals surface area contributed by atoms with E-state index in [1.165, 1.54) is 0 Å². The standard InChI is InChI=1S/C23H27N3O3/c1-16(2)20(25-21(27)17-8-4-3-5-9-17)22(28)24-19-12-10-18(11-13-19)23(29)26-14-6-7-15-26/h3-5,8-13,16,20H,6-7,14-15H2,1-2H3,(H,24,28)(H,25,27). The molecule has 6 heteroatoms. The molecule has 0 radical (unpaired) electrons. The molecule has 3 amide bonds. The second-order valence-electron chi connectivity index (χ2n) is 7.63. The highest BCUT2D eigenvalue weighted by atomic mass is 16.2. The molecule has 29 heavy (non-hydrogen) atoms.